The Morgan fingerprint density at radius 1 is 1.21 bits per heavy atom. The molecule has 0 fully saturated rings. The molecule has 0 bridgehead atoms. The molecule has 1 aromatic rings. The van der Waals surface area contributed by atoms with E-state index in [0.29, 0.717) is 5.56 Å². The van der Waals surface area contributed by atoms with Crippen LogP contribution in [0, 0.1) is 16.7 Å². The Morgan fingerprint density at radius 3 is 2.00 bits per heavy atom. The van der Waals surface area contributed by atoms with Crippen molar-refractivity contribution in [1.29, 1.82) is 10.7 Å². The zero-order chi connectivity index (χ0) is 10.1. The average molecular weight is 192 g/mol. The summed E-state index contributed by atoms with van der Waals surface area (Å²) < 4.78 is 0. The molecule has 0 aliphatic heterocycles. The predicted octanol–water partition coefficient (Wildman–Crippen LogP) is 0.170. The molecule has 3 N–H and O–H groups in total. The highest BCUT2D eigenvalue weighted by Gasteiger charge is 1.94. The van der Waals surface area contributed by atoms with Crippen molar-refractivity contribution in [2.45, 2.75) is 0 Å². The van der Waals surface area contributed by atoms with Crippen LogP contribution in [0.25, 0.3) is 0 Å². The molecule has 5 heteroatoms. The van der Waals surface area contributed by atoms with Crippen LogP contribution in [0.4, 0.5) is 0 Å². The Bertz CT molecular complexity index is 348. The summed E-state index contributed by atoms with van der Waals surface area (Å²) in [4.78, 5) is 16.2. The first kappa shape index (κ1) is 14.3. The van der Waals surface area contributed by atoms with Gasteiger partial charge in [0.05, 0.1) is 0 Å². The lowest BCUT2D eigenvalue weighted by Gasteiger charge is -1.90. The van der Waals surface area contributed by atoms with Crippen molar-refractivity contribution in [3.05, 3.63) is 35.9 Å². The fourth-order valence-electron chi connectivity index (χ4n) is 0.669. The van der Waals surface area contributed by atoms with Gasteiger partial charge in [-0.1, -0.05) is 30.3 Å². The predicted molar refractivity (Wildman–Crippen MR) is 47.5 cm³/mol. The van der Waals surface area contributed by atoms with E-state index in [-0.39, 0.29) is 17.3 Å². The van der Waals surface area contributed by atoms with Gasteiger partial charge in [0, 0.05) is 5.56 Å². The van der Waals surface area contributed by atoms with Crippen molar-refractivity contribution in [2.24, 2.45) is 0 Å². The second kappa shape index (κ2) is 8.81. The van der Waals surface area contributed by atoms with Gasteiger partial charge in [-0.2, -0.15) is 14.9 Å². The van der Waals surface area contributed by atoms with Crippen molar-refractivity contribution in [2.75, 3.05) is 0 Å². The number of nitrogens with zero attached hydrogens (tertiary/aromatic N) is 1. The molecule has 1 rings (SSSR count). The Labute approximate surface area is 80.4 Å². The first-order valence-corrected chi connectivity index (χ1v) is 3.29. The smallest absolute Gasteiger partial charge is 0.373 e. The summed E-state index contributed by atoms with van der Waals surface area (Å²) in [6.45, 7) is 0. The first-order valence-electron chi connectivity index (χ1n) is 3.29. The van der Waals surface area contributed by atoms with Gasteiger partial charge in [-0.25, -0.2) is 0 Å². The van der Waals surface area contributed by atoms with Gasteiger partial charge < -0.3 is 5.48 Å². The second-order valence-corrected chi connectivity index (χ2v) is 1.94. The van der Waals surface area contributed by atoms with Crippen LogP contribution in [-0.4, -0.2) is 17.3 Å². The summed E-state index contributed by atoms with van der Waals surface area (Å²) in [5.41, 5.74) is 0.686. The van der Waals surface area contributed by atoms with Gasteiger partial charge in [-0.05, 0) is 0 Å². The molecule has 0 unspecified atom stereocenters. The van der Waals surface area contributed by atoms with Crippen LogP contribution in [0.1, 0.15) is 5.56 Å². The molecular formula is C9H8N2O3. The van der Waals surface area contributed by atoms with Gasteiger partial charge in [0.15, 0.2) is 0 Å². The highest BCUT2D eigenvalue weighted by Crippen LogP contribution is 1.97. The number of benzene rings is 1. The Hall–Kier alpha value is -2.28. The summed E-state index contributed by atoms with van der Waals surface area (Å²) in [6, 6.07) is 10.7. The van der Waals surface area contributed by atoms with E-state index in [9.17, 15) is 0 Å². The van der Waals surface area contributed by atoms with Gasteiger partial charge >= 0.3 is 6.15 Å². The van der Waals surface area contributed by atoms with Crippen molar-refractivity contribution in [3.8, 4) is 6.07 Å². The standard InChI is InChI=1S/C8H6N2.CO2.H2O/c9-6-8(10)7-4-2-1-3-5-7;2-1-3;/h1-5,10H;;1H2. The Morgan fingerprint density at radius 2 is 1.64 bits per heavy atom. The largest absolute Gasteiger partial charge is 0.412 e. The Balaban J connectivity index is 0. The molecule has 0 radical (unpaired) electrons. The minimum atomic E-state index is 0. The summed E-state index contributed by atoms with van der Waals surface area (Å²) in [5, 5.41) is 15.4. The molecule has 0 aromatic heterocycles. The number of nitriles is 1. The molecule has 0 aliphatic carbocycles. The van der Waals surface area contributed by atoms with Crippen LogP contribution in [0.15, 0.2) is 30.3 Å². The molecule has 14 heavy (non-hydrogen) atoms. The van der Waals surface area contributed by atoms with Crippen LogP contribution in [0.5, 0.6) is 0 Å². The van der Waals surface area contributed by atoms with Crippen molar-refractivity contribution in [1.82, 2.24) is 0 Å². The first-order chi connectivity index (χ1) is 6.26. The fourth-order valence-corrected chi connectivity index (χ4v) is 0.669. The third kappa shape index (κ3) is 5.38. The third-order valence-electron chi connectivity index (χ3n) is 1.17. The van der Waals surface area contributed by atoms with E-state index in [1.54, 1.807) is 30.3 Å². The quantitative estimate of drug-likeness (QED) is 0.639. The maximum absolute atomic E-state index is 8.31. The van der Waals surface area contributed by atoms with Gasteiger partial charge in [0.1, 0.15) is 11.8 Å². The maximum Gasteiger partial charge on any atom is 0.373 e. The summed E-state index contributed by atoms with van der Waals surface area (Å²) >= 11 is 0. The summed E-state index contributed by atoms with van der Waals surface area (Å²) in [7, 11) is 0. The molecule has 5 nitrogen and oxygen atoms in total. The molecule has 72 valence electrons. The van der Waals surface area contributed by atoms with Crippen molar-refractivity contribution >= 4 is 11.9 Å². The van der Waals surface area contributed by atoms with E-state index in [0.717, 1.165) is 0 Å². The zero-order valence-electron chi connectivity index (χ0n) is 7.15. The number of hydrogen-bond acceptors (Lipinski definition) is 4. The lowest BCUT2D eigenvalue weighted by molar-refractivity contribution is -0.191. The molecule has 0 heterocycles. The SMILES string of the molecule is N#CC(=N)c1ccccc1.O.O=C=O. The highest BCUT2D eigenvalue weighted by atomic mass is 16.2. The normalized spacial score (nSPS) is 6.50. The highest BCUT2D eigenvalue weighted by molar-refractivity contribution is 6.09. The Kier molecular flexibility index (Phi) is 8.97. The average Bonchev–Trinajstić information content (AvgIpc) is 2.19. The number of carbonyl (C=O) groups excluding carboxylic acids is 2. The minimum absolute atomic E-state index is 0. The van der Waals surface area contributed by atoms with E-state index in [1.165, 1.54) is 0 Å². The maximum atomic E-state index is 8.31. The third-order valence-corrected chi connectivity index (χ3v) is 1.17. The van der Waals surface area contributed by atoms with Crippen LogP contribution in [0.2, 0.25) is 0 Å². The van der Waals surface area contributed by atoms with Crippen LogP contribution in [-0.2, 0) is 9.59 Å². The van der Waals surface area contributed by atoms with E-state index < -0.39 is 0 Å². The molecule has 0 spiro atoms. The van der Waals surface area contributed by atoms with Gasteiger partial charge in [-0.15, -0.1) is 0 Å². The van der Waals surface area contributed by atoms with E-state index in [2.05, 4.69) is 0 Å². The molecule has 1 aromatic carbocycles. The van der Waals surface area contributed by atoms with Gasteiger partial charge in [-0.3, -0.25) is 5.41 Å². The van der Waals surface area contributed by atoms with Crippen molar-refractivity contribution in [3.63, 3.8) is 0 Å². The molecule has 0 atom stereocenters. The fraction of sp³-hybridized carbons (Fsp3) is 0. The number of nitrogens with one attached hydrogen (secondary N) is 1. The number of hydrogen-bond donors (Lipinski definition) is 1. The lowest BCUT2D eigenvalue weighted by Crippen LogP contribution is -1.92. The van der Waals surface area contributed by atoms with Crippen LogP contribution < -0.4 is 0 Å². The molecular weight excluding hydrogens is 184 g/mol. The van der Waals surface area contributed by atoms with Crippen molar-refractivity contribution < 1.29 is 15.1 Å². The summed E-state index contributed by atoms with van der Waals surface area (Å²) in [5.74, 6) is 0. The second-order valence-electron chi connectivity index (χ2n) is 1.94. The topological polar surface area (TPSA) is 113 Å². The van der Waals surface area contributed by atoms with Gasteiger partial charge in [0.2, 0.25) is 0 Å². The summed E-state index contributed by atoms with van der Waals surface area (Å²) in [6.07, 6.45) is 0.250. The van der Waals surface area contributed by atoms with Gasteiger partial charge in [0.25, 0.3) is 0 Å². The van der Waals surface area contributed by atoms with Crippen LogP contribution in [0.3, 0.4) is 0 Å². The van der Waals surface area contributed by atoms with E-state index in [1.807, 2.05) is 6.07 Å². The zero-order valence-corrected chi connectivity index (χ0v) is 7.15. The molecule has 0 aliphatic rings. The van der Waals surface area contributed by atoms with Crippen LogP contribution >= 0.6 is 0 Å². The molecule has 0 saturated carbocycles. The number of rotatable bonds is 1. The van der Waals surface area contributed by atoms with E-state index in [4.69, 9.17) is 20.3 Å². The van der Waals surface area contributed by atoms with E-state index >= 15 is 0 Å². The lowest BCUT2D eigenvalue weighted by atomic mass is 10.1. The minimum Gasteiger partial charge on any atom is -0.412 e. The molecule has 0 saturated heterocycles. The monoisotopic (exact) mass is 192 g/mol. The molecule has 0 amide bonds.